The number of nitrogens with zero attached hydrogens (tertiary/aromatic N) is 4. The molecule has 5 rings (SSSR count). The van der Waals surface area contributed by atoms with E-state index in [0.29, 0.717) is 73.9 Å². The fraction of sp³-hybridized carbons (Fsp3) is 0.478. The third-order valence-corrected chi connectivity index (χ3v) is 14.4. The quantitative estimate of drug-likeness (QED) is 0.0487. The molecule has 1 fully saturated rings. The zero-order chi connectivity index (χ0) is 46.2. The Morgan fingerprint density at radius 2 is 1.25 bits per heavy atom. The largest absolute Gasteiger partial charge is 0.492 e. The number of Topliss-reactive ketones (excluding diaryl/α,β-unsaturated/α-hetero) is 1. The van der Waals surface area contributed by atoms with E-state index in [1.54, 1.807) is 60.7 Å². The van der Waals surface area contributed by atoms with E-state index in [9.17, 15) is 30.0 Å². The molecule has 0 atom stereocenters. The molecule has 3 N–H and O–H groups in total. The number of pyridine rings is 1. The first-order chi connectivity index (χ1) is 30.4. The lowest BCUT2D eigenvalue weighted by molar-refractivity contribution is 0.0841. The van der Waals surface area contributed by atoms with Gasteiger partial charge in [-0.15, -0.1) is 0 Å². The summed E-state index contributed by atoms with van der Waals surface area (Å²) in [6, 6.07) is 26.9. The predicted molar refractivity (Wildman–Crippen MR) is 257 cm³/mol. The number of sulfonamides is 3. The van der Waals surface area contributed by atoms with Gasteiger partial charge in [-0.25, -0.2) is 25.3 Å². The number of rotatable bonds is 27. The number of ketones is 1. The lowest BCUT2D eigenvalue weighted by Crippen LogP contribution is -2.37. The number of nitrogens with one attached hydrogen (secondary N) is 3. The van der Waals surface area contributed by atoms with Crippen LogP contribution in [0.1, 0.15) is 59.4 Å². The van der Waals surface area contributed by atoms with Crippen LogP contribution in [0, 0.1) is 12.8 Å². The molecule has 350 valence electrons. The van der Waals surface area contributed by atoms with Crippen LogP contribution in [0.3, 0.4) is 0 Å². The summed E-state index contributed by atoms with van der Waals surface area (Å²) >= 11 is 0. The van der Waals surface area contributed by atoms with E-state index < -0.39 is 30.1 Å². The number of carbonyl (C=O) groups is 1. The Kier molecular flexibility index (Phi) is 19.0. The maximum absolute atomic E-state index is 13.2. The van der Waals surface area contributed by atoms with Gasteiger partial charge in [0.15, 0.2) is 5.78 Å². The minimum absolute atomic E-state index is 0.0390. The number of likely N-dealkylation sites (tertiary alicyclic amines) is 1. The number of hydrogen-bond acceptors (Lipinski definition) is 12. The Hall–Kier alpha value is -4.59. The second kappa shape index (κ2) is 24.1. The van der Waals surface area contributed by atoms with Crippen molar-refractivity contribution in [1.82, 2.24) is 19.7 Å². The molecule has 0 spiro atoms. The van der Waals surface area contributed by atoms with Crippen molar-refractivity contribution < 1.29 is 34.8 Å². The minimum Gasteiger partial charge on any atom is -0.492 e. The van der Waals surface area contributed by atoms with Crippen LogP contribution < -0.4 is 18.9 Å². The number of unbranched alkanes of at least 4 members (excludes halogenated alkanes) is 1. The summed E-state index contributed by atoms with van der Waals surface area (Å²) < 4.78 is 87.5. The molecule has 4 aromatic rings. The van der Waals surface area contributed by atoms with Crippen molar-refractivity contribution in [1.29, 1.82) is 0 Å². The Bertz CT molecular complexity index is 2410. The highest BCUT2D eigenvalue weighted by atomic mass is 32.2. The maximum Gasteiger partial charge on any atom is 0.232 e. The van der Waals surface area contributed by atoms with Gasteiger partial charge in [-0.1, -0.05) is 18.2 Å². The first kappa shape index (κ1) is 50.4. The summed E-state index contributed by atoms with van der Waals surface area (Å²) in [5, 5.41) is 0. The van der Waals surface area contributed by atoms with Gasteiger partial charge < -0.3 is 19.4 Å². The van der Waals surface area contributed by atoms with Gasteiger partial charge in [-0.05, 0) is 164 Å². The molecule has 15 nitrogen and oxygen atoms in total. The van der Waals surface area contributed by atoms with Crippen molar-refractivity contribution in [3.63, 3.8) is 0 Å². The van der Waals surface area contributed by atoms with E-state index in [1.807, 2.05) is 50.2 Å². The molecule has 0 radical (unpaired) electrons. The van der Waals surface area contributed by atoms with Crippen molar-refractivity contribution in [2.24, 2.45) is 5.92 Å². The molecular weight excluding hydrogens is 875 g/mol. The number of aryl methyl sites for hydroxylation is 1. The van der Waals surface area contributed by atoms with Crippen LogP contribution in [0.5, 0.6) is 5.75 Å². The number of hydrogen-bond donors (Lipinski definition) is 3. The van der Waals surface area contributed by atoms with Gasteiger partial charge in [-0.3, -0.25) is 23.9 Å². The molecular formula is C46H65N7O8S3. The highest BCUT2D eigenvalue weighted by Gasteiger charge is 2.26. The van der Waals surface area contributed by atoms with Gasteiger partial charge in [0.1, 0.15) is 12.4 Å². The average Bonchev–Trinajstić information content (AvgIpc) is 3.24. The Balaban J connectivity index is 0.904. The average molecular weight is 940 g/mol. The molecule has 0 aliphatic carbocycles. The number of aromatic nitrogens is 1. The van der Waals surface area contributed by atoms with Crippen LogP contribution in [0.25, 0.3) is 0 Å². The van der Waals surface area contributed by atoms with E-state index in [2.05, 4.69) is 35.0 Å². The van der Waals surface area contributed by atoms with Crippen molar-refractivity contribution in [3.8, 4) is 5.75 Å². The second-order valence-electron chi connectivity index (χ2n) is 16.8. The van der Waals surface area contributed by atoms with Gasteiger partial charge >= 0.3 is 0 Å². The SMILES string of the molecule is Cc1cccc(CCN2CCC(C(=O)c3ccc(NS(=O)(=O)CCCCN(C)CCCS(=O)(=O)Nc4ccc(CCN(C)CCOc5ccc(NS(C)(=O)=O)cc5)cc4)cc3)CC2)n1. The van der Waals surface area contributed by atoms with Gasteiger partial charge in [0.2, 0.25) is 30.1 Å². The minimum atomic E-state index is -3.59. The third-order valence-electron chi connectivity index (χ3n) is 11.1. The standard InChI is InChI=1S/C46H65N7O8S3/c1-37-9-7-10-41(47-37)26-32-53-30-24-40(25-31-53)46(54)39-13-17-44(18-14-39)50-63(57,58)35-6-5-27-51(2)28-8-36-64(59,60)49-43-15-11-38(12-16-43)23-29-52(3)33-34-61-45-21-19-42(20-22-45)48-62(4,55)56/h7,9-22,40,48-50H,5-6,8,23-36H2,1-4H3. The Labute approximate surface area is 381 Å². The van der Waals surface area contributed by atoms with Gasteiger partial charge in [0.05, 0.1) is 17.8 Å². The normalized spacial score (nSPS) is 14.2. The molecule has 18 heteroatoms. The number of likely N-dealkylation sites (N-methyl/N-ethyl adjacent to an activating group) is 1. The smallest absolute Gasteiger partial charge is 0.232 e. The molecule has 3 aromatic carbocycles. The summed E-state index contributed by atoms with van der Waals surface area (Å²) in [6.07, 6.45) is 5.87. The van der Waals surface area contributed by atoms with Gasteiger partial charge in [-0.2, -0.15) is 0 Å². The Morgan fingerprint density at radius 1 is 0.688 bits per heavy atom. The number of benzene rings is 3. The summed E-state index contributed by atoms with van der Waals surface area (Å²) in [5.41, 5.74) is 5.18. The molecule has 2 heterocycles. The summed E-state index contributed by atoms with van der Waals surface area (Å²) in [5.74, 6) is 0.620. The van der Waals surface area contributed by atoms with Crippen LogP contribution in [0.15, 0.2) is 91.0 Å². The van der Waals surface area contributed by atoms with Gasteiger partial charge in [0.25, 0.3) is 0 Å². The van der Waals surface area contributed by atoms with Crippen molar-refractivity contribution >= 4 is 52.9 Å². The van der Waals surface area contributed by atoms with E-state index >= 15 is 0 Å². The van der Waals surface area contributed by atoms with E-state index in [0.717, 1.165) is 75.1 Å². The van der Waals surface area contributed by atoms with Crippen LogP contribution in [-0.4, -0.2) is 135 Å². The van der Waals surface area contributed by atoms with Crippen molar-refractivity contribution in [3.05, 3.63) is 114 Å². The summed E-state index contributed by atoms with van der Waals surface area (Å²) in [4.78, 5) is 24.4. The monoisotopic (exact) mass is 939 g/mol. The van der Waals surface area contributed by atoms with Gasteiger partial charge in [0, 0.05) is 66.0 Å². The molecule has 64 heavy (non-hydrogen) atoms. The maximum atomic E-state index is 13.2. The van der Waals surface area contributed by atoms with Crippen molar-refractivity contribution in [2.75, 3.05) is 98.4 Å². The fourth-order valence-electron chi connectivity index (χ4n) is 7.46. The predicted octanol–water partition coefficient (Wildman–Crippen LogP) is 5.74. The van der Waals surface area contributed by atoms with Crippen molar-refractivity contribution in [2.45, 2.75) is 51.9 Å². The summed E-state index contributed by atoms with van der Waals surface area (Å²) in [6.45, 7) is 7.76. The topological polar surface area (TPSA) is 187 Å². The molecule has 0 bridgehead atoms. The van der Waals surface area contributed by atoms with E-state index in [1.165, 1.54) is 0 Å². The number of anilines is 3. The highest BCUT2D eigenvalue weighted by molar-refractivity contribution is 7.93. The van der Waals surface area contributed by atoms with Crippen LogP contribution >= 0.6 is 0 Å². The lowest BCUT2D eigenvalue weighted by atomic mass is 9.89. The first-order valence-corrected chi connectivity index (χ1v) is 27.1. The number of piperidine rings is 1. The molecule has 0 unspecified atom stereocenters. The van der Waals surface area contributed by atoms with Crippen LogP contribution in [0.4, 0.5) is 17.1 Å². The molecule has 0 amide bonds. The van der Waals surface area contributed by atoms with Crippen LogP contribution in [0.2, 0.25) is 0 Å². The Morgan fingerprint density at radius 3 is 1.88 bits per heavy atom. The first-order valence-electron chi connectivity index (χ1n) is 21.9. The fourth-order valence-corrected chi connectivity index (χ4v) is 10.3. The zero-order valence-electron chi connectivity index (χ0n) is 37.5. The third kappa shape index (κ3) is 18.5. The van der Waals surface area contributed by atoms with Crippen LogP contribution in [-0.2, 0) is 42.9 Å². The number of ether oxygens (including phenoxy) is 1. The molecule has 1 aromatic heterocycles. The molecule has 1 aliphatic heterocycles. The molecule has 1 saturated heterocycles. The van der Waals surface area contributed by atoms with E-state index in [4.69, 9.17) is 4.74 Å². The van der Waals surface area contributed by atoms with E-state index in [-0.39, 0.29) is 23.2 Å². The highest BCUT2D eigenvalue weighted by Crippen LogP contribution is 2.24. The lowest BCUT2D eigenvalue weighted by Gasteiger charge is -2.31. The molecule has 0 saturated carbocycles. The molecule has 1 aliphatic rings. The summed E-state index contributed by atoms with van der Waals surface area (Å²) in [7, 11) is -6.58. The number of carbonyl (C=O) groups excluding carboxylic acids is 1. The second-order valence-corrected chi connectivity index (χ2v) is 22.2. The zero-order valence-corrected chi connectivity index (χ0v) is 40.0.